The number of primary amides is 1. The van der Waals surface area contributed by atoms with Gasteiger partial charge < -0.3 is 10.5 Å². The maximum atomic E-state index is 13.4. The highest BCUT2D eigenvalue weighted by molar-refractivity contribution is 5.95. The molecule has 5 nitrogen and oxygen atoms in total. The minimum Gasteiger partial charge on any atom is -0.457 e. The zero-order valence-electron chi connectivity index (χ0n) is 15.7. The van der Waals surface area contributed by atoms with E-state index < -0.39 is 11.7 Å². The first-order chi connectivity index (χ1) is 14.0. The minimum atomic E-state index is -0.444. The molecular weight excluding hydrogens is 369 g/mol. The molecule has 0 saturated heterocycles. The van der Waals surface area contributed by atoms with Crippen LogP contribution in [-0.2, 0) is 6.42 Å². The molecule has 0 spiro atoms. The number of nitrogens with zero attached hydrogens (tertiary/aromatic N) is 2. The number of hydrogen-bond acceptors (Lipinski definition) is 4. The topological polar surface area (TPSA) is 78.1 Å². The van der Waals surface area contributed by atoms with Gasteiger partial charge in [0.2, 0.25) is 5.91 Å². The van der Waals surface area contributed by atoms with E-state index >= 15 is 0 Å². The van der Waals surface area contributed by atoms with E-state index in [9.17, 15) is 9.18 Å². The molecule has 0 aliphatic heterocycles. The van der Waals surface area contributed by atoms with E-state index in [1.165, 1.54) is 12.3 Å². The maximum absolute atomic E-state index is 13.4. The first kappa shape index (κ1) is 18.6. The molecular formula is C23H18FN3O2. The predicted octanol–water partition coefficient (Wildman–Crippen LogP) is 4.89. The van der Waals surface area contributed by atoms with Gasteiger partial charge in [-0.3, -0.25) is 14.8 Å². The van der Waals surface area contributed by atoms with Crippen molar-refractivity contribution in [2.75, 3.05) is 0 Å². The lowest BCUT2D eigenvalue weighted by atomic mass is 9.99. The van der Waals surface area contributed by atoms with E-state index in [1.54, 1.807) is 36.5 Å². The number of fused-ring (bicyclic) bond motifs is 1. The molecule has 144 valence electrons. The van der Waals surface area contributed by atoms with E-state index in [0.717, 1.165) is 11.1 Å². The highest BCUT2D eigenvalue weighted by Crippen LogP contribution is 2.29. The van der Waals surface area contributed by atoms with Crippen molar-refractivity contribution in [2.24, 2.45) is 5.73 Å². The first-order valence-electron chi connectivity index (χ1n) is 9.16. The Kier molecular flexibility index (Phi) is 4.91. The molecule has 0 aliphatic carbocycles. The Bertz CT molecular complexity index is 1220. The van der Waals surface area contributed by atoms with Crippen LogP contribution in [0.1, 0.15) is 22.8 Å². The third-order valence-electron chi connectivity index (χ3n) is 4.63. The molecule has 0 fully saturated rings. The number of hydrogen-bond donors (Lipinski definition) is 1. The van der Waals surface area contributed by atoms with Gasteiger partial charge in [0.15, 0.2) is 0 Å². The van der Waals surface area contributed by atoms with Gasteiger partial charge in [0.25, 0.3) is 0 Å². The van der Waals surface area contributed by atoms with Crippen molar-refractivity contribution >= 4 is 16.8 Å². The Hall–Kier alpha value is -3.80. The molecule has 0 aliphatic rings. The molecule has 0 atom stereocenters. The Labute approximate surface area is 167 Å². The molecule has 1 amide bonds. The Morgan fingerprint density at radius 3 is 2.66 bits per heavy atom. The number of halogens is 1. The molecule has 0 bridgehead atoms. The Morgan fingerprint density at radius 1 is 1.03 bits per heavy atom. The molecule has 0 radical (unpaired) electrons. The third kappa shape index (κ3) is 3.91. The number of pyridine rings is 2. The second kappa shape index (κ2) is 7.67. The van der Waals surface area contributed by atoms with Crippen LogP contribution in [0, 0.1) is 5.82 Å². The fraction of sp³-hybridized carbons (Fsp3) is 0.0870. The van der Waals surface area contributed by atoms with Gasteiger partial charge in [-0.1, -0.05) is 13.0 Å². The highest BCUT2D eigenvalue weighted by Gasteiger charge is 2.10. The second-order valence-corrected chi connectivity index (χ2v) is 6.58. The Morgan fingerprint density at radius 2 is 1.86 bits per heavy atom. The van der Waals surface area contributed by atoms with Gasteiger partial charge in [0, 0.05) is 28.8 Å². The summed E-state index contributed by atoms with van der Waals surface area (Å²) in [6.45, 7) is 1.97. The fourth-order valence-electron chi connectivity index (χ4n) is 3.20. The third-order valence-corrected chi connectivity index (χ3v) is 4.63. The van der Waals surface area contributed by atoms with Gasteiger partial charge in [-0.05, 0) is 54.4 Å². The van der Waals surface area contributed by atoms with E-state index in [-0.39, 0.29) is 0 Å². The van der Waals surface area contributed by atoms with E-state index in [0.29, 0.717) is 40.1 Å². The lowest BCUT2D eigenvalue weighted by Gasteiger charge is -2.10. The molecule has 2 aromatic heterocycles. The summed E-state index contributed by atoms with van der Waals surface area (Å²) < 4.78 is 19.4. The smallest absolute Gasteiger partial charge is 0.248 e. The number of aromatic nitrogens is 2. The molecule has 4 rings (SSSR count). The molecule has 0 saturated carbocycles. The van der Waals surface area contributed by atoms with Crippen molar-refractivity contribution in [1.82, 2.24) is 9.97 Å². The first-order valence-corrected chi connectivity index (χ1v) is 9.16. The molecule has 0 unspecified atom stereocenters. The fourth-order valence-corrected chi connectivity index (χ4v) is 3.20. The highest BCUT2D eigenvalue weighted by atomic mass is 19.1. The summed E-state index contributed by atoms with van der Waals surface area (Å²) in [7, 11) is 0. The number of carbonyl (C=O) groups is 1. The van der Waals surface area contributed by atoms with Crippen molar-refractivity contribution in [2.45, 2.75) is 13.3 Å². The van der Waals surface area contributed by atoms with E-state index in [2.05, 4.69) is 9.97 Å². The monoisotopic (exact) mass is 387 g/mol. The molecule has 2 aromatic carbocycles. The zero-order valence-corrected chi connectivity index (χ0v) is 15.7. The Balaban J connectivity index is 1.65. The quantitative estimate of drug-likeness (QED) is 0.529. The SMILES string of the molecule is CCc1cc(-c2cc(Oc3ccc4ncc(F)cc4c3)ccn2)ccc1C(N)=O. The van der Waals surface area contributed by atoms with E-state index in [1.807, 2.05) is 25.1 Å². The van der Waals surface area contributed by atoms with Crippen molar-refractivity contribution in [3.05, 3.63) is 83.9 Å². The van der Waals surface area contributed by atoms with Crippen molar-refractivity contribution < 1.29 is 13.9 Å². The maximum Gasteiger partial charge on any atom is 0.248 e. The standard InChI is InChI=1S/C23H18FN3O2/c1-2-14-9-15(3-5-20(14)23(25)28)22-12-19(7-8-26-22)29-18-4-6-21-16(11-18)10-17(24)13-27-21/h3-13H,2H2,1H3,(H2,25,28). The van der Waals surface area contributed by atoms with Crippen LogP contribution < -0.4 is 10.5 Å². The lowest BCUT2D eigenvalue weighted by molar-refractivity contribution is 0.0999. The molecule has 2 N–H and O–H groups in total. The van der Waals surface area contributed by atoms with Gasteiger partial charge in [0.1, 0.15) is 17.3 Å². The van der Waals surface area contributed by atoms with Crippen molar-refractivity contribution in [3.8, 4) is 22.8 Å². The van der Waals surface area contributed by atoms with Crippen LogP contribution in [0.15, 0.2) is 67.0 Å². The summed E-state index contributed by atoms with van der Waals surface area (Å²) in [6, 6.07) is 15.7. The summed E-state index contributed by atoms with van der Waals surface area (Å²) in [5, 5.41) is 0.659. The van der Waals surface area contributed by atoms with Crippen molar-refractivity contribution in [1.29, 1.82) is 0 Å². The lowest BCUT2D eigenvalue weighted by Crippen LogP contribution is -2.13. The number of carbonyl (C=O) groups excluding carboxylic acids is 1. The van der Waals surface area contributed by atoms with Crippen LogP contribution in [0.2, 0.25) is 0 Å². The normalized spacial score (nSPS) is 10.8. The van der Waals surface area contributed by atoms with E-state index in [4.69, 9.17) is 10.5 Å². The van der Waals surface area contributed by atoms with Crippen LogP contribution in [0.4, 0.5) is 4.39 Å². The van der Waals surface area contributed by atoms with Gasteiger partial charge >= 0.3 is 0 Å². The average Bonchev–Trinajstić information content (AvgIpc) is 2.73. The van der Waals surface area contributed by atoms with Crippen LogP contribution in [0.5, 0.6) is 11.5 Å². The van der Waals surface area contributed by atoms with Crippen LogP contribution >= 0.6 is 0 Å². The van der Waals surface area contributed by atoms with Crippen LogP contribution in [0.3, 0.4) is 0 Å². The minimum absolute atomic E-state index is 0.396. The van der Waals surface area contributed by atoms with Gasteiger partial charge in [-0.15, -0.1) is 0 Å². The molecule has 29 heavy (non-hydrogen) atoms. The van der Waals surface area contributed by atoms with Crippen LogP contribution in [-0.4, -0.2) is 15.9 Å². The average molecular weight is 387 g/mol. The molecule has 2 heterocycles. The summed E-state index contributed by atoms with van der Waals surface area (Å²) in [5.74, 6) is 0.323. The number of benzene rings is 2. The largest absolute Gasteiger partial charge is 0.457 e. The number of ether oxygens (including phenoxy) is 1. The number of rotatable bonds is 5. The summed E-state index contributed by atoms with van der Waals surface area (Å²) in [5.41, 5.74) is 9.08. The second-order valence-electron chi connectivity index (χ2n) is 6.58. The van der Waals surface area contributed by atoms with Gasteiger partial charge in [-0.2, -0.15) is 0 Å². The summed E-state index contributed by atoms with van der Waals surface area (Å²) in [6.07, 6.45) is 3.52. The van der Waals surface area contributed by atoms with Crippen LogP contribution in [0.25, 0.3) is 22.2 Å². The predicted molar refractivity (Wildman–Crippen MR) is 109 cm³/mol. The summed E-state index contributed by atoms with van der Waals surface area (Å²) in [4.78, 5) is 20.0. The zero-order chi connectivity index (χ0) is 20.4. The molecule has 4 aromatic rings. The van der Waals surface area contributed by atoms with Gasteiger partial charge in [0.05, 0.1) is 17.4 Å². The number of amides is 1. The van der Waals surface area contributed by atoms with Crippen molar-refractivity contribution in [3.63, 3.8) is 0 Å². The van der Waals surface area contributed by atoms with Gasteiger partial charge in [-0.25, -0.2) is 4.39 Å². The summed E-state index contributed by atoms with van der Waals surface area (Å²) >= 11 is 0. The molecule has 6 heteroatoms. The number of nitrogens with two attached hydrogens (primary N) is 1. The number of aryl methyl sites for hydroxylation is 1.